The highest BCUT2D eigenvalue weighted by atomic mass is 19.3. The van der Waals surface area contributed by atoms with Crippen molar-refractivity contribution >= 4 is 6.09 Å². The number of hydrogen-bond acceptors (Lipinski definition) is 4. The predicted molar refractivity (Wildman–Crippen MR) is 75.6 cm³/mol. The highest BCUT2D eigenvalue weighted by Gasteiger charge is 2.27. The summed E-state index contributed by atoms with van der Waals surface area (Å²) < 4.78 is 29.4. The van der Waals surface area contributed by atoms with Crippen LogP contribution in [0.2, 0.25) is 0 Å². The summed E-state index contributed by atoms with van der Waals surface area (Å²) in [6.07, 6.45) is 1.28. The summed E-state index contributed by atoms with van der Waals surface area (Å²) in [5, 5.41) is 3.58. The van der Waals surface area contributed by atoms with Crippen LogP contribution in [0.4, 0.5) is 13.6 Å². The van der Waals surface area contributed by atoms with Gasteiger partial charge < -0.3 is 15.0 Å². The Morgan fingerprint density at radius 2 is 1.95 bits per heavy atom. The van der Waals surface area contributed by atoms with E-state index in [1.54, 1.807) is 4.90 Å². The van der Waals surface area contributed by atoms with Crippen LogP contribution in [-0.4, -0.2) is 74.2 Å². The summed E-state index contributed by atoms with van der Waals surface area (Å²) in [6.45, 7) is 2.73. The van der Waals surface area contributed by atoms with Crippen molar-refractivity contribution in [2.75, 3.05) is 39.8 Å². The van der Waals surface area contributed by atoms with E-state index in [-0.39, 0.29) is 18.7 Å². The van der Waals surface area contributed by atoms with Crippen molar-refractivity contribution in [1.82, 2.24) is 15.1 Å². The minimum absolute atomic E-state index is 0.119. The summed E-state index contributed by atoms with van der Waals surface area (Å²) >= 11 is 0. The average molecular weight is 305 g/mol. The maximum Gasteiger partial charge on any atom is 0.409 e. The maximum absolute atomic E-state index is 12.3. The van der Waals surface area contributed by atoms with Gasteiger partial charge >= 0.3 is 6.09 Å². The number of amides is 1. The lowest BCUT2D eigenvalue weighted by molar-refractivity contribution is 0.0693. The van der Waals surface area contributed by atoms with E-state index >= 15 is 0 Å². The standard InChI is InChI=1S/C14H25F2N3O2/c1-21-14(20)19-6-2-3-12(9-19)17-11-4-7-18(8-5-11)10-13(15)16/h11-13,17H,2-10H2,1H3/t12-/m0/s1. The zero-order chi connectivity index (χ0) is 15.2. The second kappa shape index (κ2) is 7.89. The van der Waals surface area contributed by atoms with Crippen molar-refractivity contribution < 1.29 is 18.3 Å². The molecule has 1 amide bonds. The van der Waals surface area contributed by atoms with Crippen LogP contribution in [0.5, 0.6) is 0 Å². The molecule has 2 saturated heterocycles. The Balaban J connectivity index is 1.72. The van der Waals surface area contributed by atoms with Crippen molar-refractivity contribution in [2.45, 2.75) is 44.2 Å². The monoisotopic (exact) mass is 305 g/mol. The van der Waals surface area contributed by atoms with Gasteiger partial charge in [-0.15, -0.1) is 0 Å². The van der Waals surface area contributed by atoms with Gasteiger partial charge in [0.25, 0.3) is 6.43 Å². The van der Waals surface area contributed by atoms with E-state index in [0.717, 1.165) is 45.3 Å². The topological polar surface area (TPSA) is 44.8 Å². The molecule has 7 heteroatoms. The highest BCUT2D eigenvalue weighted by molar-refractivity contribution is 5.67. The first-order valence-electron chi connectivity index (χ1n) is 7.68. The number of hydrogen-bond donors (Lipinski definition) is 1. The highest BCUT2D eigenvalue weighted by Crippen LogP contribution is 2.16. The van der Waals surface area contributed by atoms with E-state index in [1.165, 1.54) is 7.11 Å². The van der Waals surface area contributed by atoms with Crippen LogP contribution >= 0.6 is 0 Å². The number of nitrogens with one attached hydrogen (secondary N) is 1. The first kappa shape index (κ1) is 16.4. The molecule has 5 nitrogen and oxygen atoms in total. The number of ether oxygens (including phenoxy) is 1. The van der Waals surface area contributed by atoms with Crippen molar-refractivity contribution in [2.24, 2.45) is 0 Å². The fraction of sp³-hybridized carbons (Fsp3) is 0.929. The van der Waals surface area contributed by atoms with E-state index in [2.05, 4.69) is 5.32 Å². The normalized spacial score (nSPS) is 25.3. The molecule has 1 N–H and O–H groups in total. The van der Waals surface area contributed by atoms with E-state index in [1.807, 2.05) is 4.90 Å². The molecule has 0 aromatic rings. The van der Waals surface area contributed by atoms with Crippen LogP contribution in [0.25, 0.3) is 0 Å². The third-order valence-electron chi connectivity index (χ3n) is 4.31. The molecule has 0 aromatic carbocycles. The SMILES string of the molecule is COC(=O)N1CCC[C@H](NC2CCN(CC(F)F)CC2)C1. The number of alkyl halides is 2. The number of piperidine rings is 2. The van der Waals surface area contributed by atoms with Crippen LogP contribution in [0.15, 0.2) is 0 Å². The van der Waals surface area contributed by atoms with Gasteiger partial charge in [0.05, 0.1) is 13.7 Å². The van der Waals surface area contributed by atoms with Gasteiger partial charge in [-0.1, -0.05) is 0 Å². The zero-order valence-electron chi connectivity index (χ0n) is 12.6. The van der Waals surface area contributed by atoms with Gasteiger partial charge in [-0.2, -0.15) is 0 Å². The molecule has 21 heavy (non-hydrogen) atoms. The van der Waals surface area contributed by atoms with E-state index in [4.69, 9.17) is 4.74 Å². The number of rotatable bonds is 4. The van der Waals surface area contributed by atoms with Crippen LogP contribution in [0, 0.1) is 0 Å². The molecular weight excluding hydrogens is 280 g/mol. The van der Waals surface area contributed by atoms with E-state index in [9.17, 15) is 13.6 Å². The predicted octanol–water partition coefficient (Wildman–Crippen LogP) is 1.54. The number of carbonyl (C=O) groups excluding carboxylic acids is 1. The summed E-state index contributed by atoms with van der Waals surface area (Å²) in [5.41, 5.74) is 0. The van der Waals surface area contributed by atoms with Crippen LogP contribution < -0.4 is 5.32 Å². The lowest BCUT2D eigenvalue weighted by Gasteiger charge is -2.37. The molecule has 2 rings (SSSR count). The number of nitrogens with zero attached hydrogens (tertiary/aromatic N) is 2. The molecule has 2 heterocycles. The Hall–Kier alpha value is -0.950. The van der Waals surface area contributed by atoms with Crippen molar-refractivity contribution in [1.29, 1.82) is 0 Å². The third kappa shape index (κ3) is 5.07. The maximum atomic E-state index is 12.3. The second-order valence-corrected chi connectivity index (χ2v) is 5.89. The van der Waals surface area contributed by atoms with E-state index in [0.29, 0.717) is 12.6 Å². The number of halogens is 2. The molecule has 0 spiro atoms. The summed E-state index contributed by atoms with van der Waals surface area (Å²) in [7, 11) is 1.40. The van der Waals surface area contributed by atoms with Crippen LogP contribution in [0.3, 0.4) is 0 Å². The second-order valence-electron chi connectivity index (χ2n) is 5.89. The molecule has 2 aliphatic heterocycles. The zero-order valence-corrected chi connectivity index (χ0v) is 12.6. The Bertz CT molecular complexity index is 336. The van der Waals surface area contributed by atoms with Gasteiger partial charge in [-0.3, -0.25) is 4.90 Å². The van der Waals surface area contributed by atoms with Crippen molar-refractivity contribution in [3.63, 3.8) is 0 Å². The first-order chi connectivity index (χ1) is 10.1. The van der Waals surface area contributed by atoms with Crippen LogP contribution in [0.1, 0.15) is 25.7 Å². The van der Waals surface area contributed by atoms with Gasteiger partial charge in [0.15, 0.2) is 0 Å². The van der Waals surface area contributed by atoms with E-state index < -0.39 is 6.43 Å². The molecule has 0 unspecified atom stereocenters. The molecule has 2 aliphatic rings. The lowest BCUT2D eigenvalue weighted by Crippen LogP contribution is -2.53. The van der Waals surface area contributed by atoms with Gasteiger partial charge in [-0.05, 0) is 38.8 Å². The fourth-order valence-corrected chi connectivity index (χ4v) is 3.22. The quantitative estimate of drug-likeness (QED) is 0.856. The summed E-state index contributed by atoms with van der Waals surface area (Å²) in [4.78, 5) is 15.1. The Kier molecular flexibility index (Phi) is 6.17. The molecule has 0 radical (unpaired) electrons. The molecule has 2 fully saturated rings. The fourth-order valence-electron chi connectivity index (χ4n) is 3.22. The van der Waals surface area contributed by atoms with Crippen molar-refractivity contribution in [3.05, 3.63) is 0 Å². The van der Waals surface area contributed by atoms with Crippen LogP contribution in [-0.2, 0) is 4.74 Å². The molecule has 0 saturated carbocycles. The lowest BCUT2D eigenvalue weighted by atomic mass is 10.0. The summed E-state index contributed by atoms with van der Waals surface area (Å²) in [5.74, 6) is 0. The van der Waals surface area contributed by atoms with Gasteiger partial charge in [0.1, 0.15) is 0 Å². The first-order valence-corrected chi connectivity index (χ1v) is 7.68. The average Bonchev–Trinajstić information content (AvgIpc) is 2.48. The molecule has 1 atom stereocenters. The largest absolute Gasteiger partial charge is 0.453 e. The molecular formula is C14H25F2N3O2. The Morgan fingerprint density at radius 1 is 1.24 bits per heavy atom. The number of likely N-dealkylation sites (tertiary alicyclic amines) is 2. The molecule has 0 aromatic heterocycles. The number of carbonyl (C=O) groups is 1. The number of methoxy groups -OCH3 is 1. The Morgan fingerprint density at radius 3 is 2.57 bits per heavy atom. The van der Waals surface area contributed by atoms with Gasteiger partial charge in [0.2, 0.25) is 0 Å². The molecule has 122 valence electrons. The Labute approximate surface area is 124 Å². The molecule has 0 bridgehead atoms. The molecule has 0 aliphatic carbocycles. The van der Waals surface area contributed by atoms with Crippen molar-refractivity contribution in [3.8, 4) is 0 Å². The van der Waals surface area contributed by atoms with Gasteiger partial charge in [-0.25, -0.2) is 13.6 Å². The van der Waals surface area contributed by atoms with Gasteiger partial charge in [0, 0.05) is 25.2 Å². The third-order valence-corrected chi connectivity index (χ3v) is 4.31. The minimum atomic E-state index is -2.25. The minimum Gasteiger partial charge on any atom is -0.453 e. The summed E-state index contributed by atoms with van der Waals surface area (Å²) in [6, 6.07) is 0.644. The smallest absolute Gasteiger partial charge is 0.409 e.